The van der Waals surface area contributed by atoms with Crippen LogP contribution in [0.1, 0.15) is 52.0 Å². The molecular weight excluding hydrogens is 372 g/mol. The highest BCUT2D eigenvalue weighted by Crippen LogP contribution is 2.71. The topological polar surface area (TPSA) is 43.7 Å². The molecule has 4 unspecified atom stereocenters. The molecule has 7 rings (SSSR count). The van der Waals surface area contributed by atoms with Crippen molar-refractivity contribution in [2.45, 2.75) is 82.3 Å². The van der Waals surface area contributed by atoms with Crippen LogP contribution in [0.25, 0.3) is 0 Å². The lowest BCUT2D eigenvalue weighted by Crippen LogP contribution is -2.83. The molecule has 5 fully saturated rings. The third kappa shape index (κ3) is 1.91. The van der Waals surface area contributed by atoms with Crippen LogP contribution in [0.15, 0.2) is 35.9 Å². The zero-order valence-corrected chi connectivity index (χ0v) is 18.8. The summed E-state index contributed by atoms with van der Waals surface area (Å²) in [5.74, 6) is 1.10. The molecule has 4 heteroatoms. The lowest BCUT2D eigenvalue weighted by molar-refractivity contribution is -1.04. The molecule has 0 radical (unpaired) electrons. The molecule has 0 aromatic heterocycles. The van der Waals surface area contributed by atoms with Gasteiger partial charge in [0.05, 0.1) is 30.1 Å². The highest BCUT2D eigenvalue weighted by Gasteiger charge is 2.82. The van der Waals surface area contributed by atoms with Gasteiger partial charge in [-0.1, -0.05) is 36.8 Å². The lowest BCUT2D eigenvalue weighted by atomic mass is 9.60. The summed E-state index contributed by atoms with van der Waals surface area (Å²) in [6.45, 7) is 7.59. The van der Waals surface area contributed by atoms with Crippen LogP contribution in [0.2, 0.25) is 0 Å². The number of benzene rings is 1. The highest BCUT2D eigenvalue weighted by molar-refractivity contribution is 5.66. The Labute approximate surface area is 180 Å². The number of aliphatic hydroxyl groups is 2. The van der Waals surface area contributed by atoms with E-state index in [4.69, 9.17) is 0 Å². The van der Waals surface area contributed by atoms with E-state index in [1.807, 2.05) is 0 Å². The van der Waals surface area contributed by atoms with Gasteiger partial charge in [0.25, 0.3) is 0 Å². The van der Waals surface area contributed by atoms with Gasteiger partial charge in [0.1, 0.15) is 6.04 Å². The van der Waals surface area contributed by atoms with Gasteiger partial charge < -0.3 is 15.1 Å². The second kappa shape index (κ2) is 6.11. The van der Waals surface area contributed by atoms with Crippen molar-refractivity contribution >= 4 is 5.69 Å². The van der Waals surface area contributed by atoms with E-state index in [9.17, 15) is 10.2 Å². The Balaban J connectivity index is 1.55. The third-order valence-corrected chi connectivity index (χ3v) is 10.2. The molecule has 6 aliphatic rings. The van der Waals surface area contributed by atoms with Crippen molar-refractivity contribution in [1.82, 2.24) is 0 Å². The minimum Gasteiger partial charge on any atom is -0.392 e. The molecule has 1 aromatic carbocycles. The quantitative estimate of drug-likeness (QED) is 0.592. The molecule has 0 amide bonds. The molecule has 162 valence electrons. The van der Waals surface area contributed by atoms with Crippen LogP contribution < -0.4 is 4.90 Å². The van der Waals surface area contributed by atoms with Crippen molar-refractivity contribution in [2.24, 2.45) is 17.8 Å². The van der Waals surface area contributed by atoms with E-state index in [1.165, 1.54) is 16.8 Å². The van der Waals surface area contributed by atoms with Gasteiger partial charge in [0, 0.05) is 43.8 Å². The normalized spacial score (nSPS) is 49.3. The maximum atomic E-state index is 12.0. The molecule has 1 spiro atoms. The monoisotopic (exact) mass is 409 g/mol. The fourth-order valence-corrected chi connectivity index (χ4v) is 9.42. The van der Waals surface area contributed by atoms with Crippen LogP contribution in [0, 0.1) is 17.8 Å². The minimum atomic E-state index is -0.293. The summed E-state index contributed by atoms with van der Waals surface area (Å²) in [4.78, 5) is 2.48. The number of nitrogens with zero attached hydrogens (tertiary/aromatic N) is 2. The molecule has 4 saturated heterocycles. The molecule has 5 bridgehead atoms. The SMILES string of the molecule is CC[C@@H]1[C@@H](O)[N+]2(CCC=C(C)C)C3C[C@H]1C1[C@H]2CC2(c4ccccc4N(C)[C@@H]32)[C@H]1O. The Kier molecular flexibility index (Phi) is 3.94. The van der Waals surface area contributed by atoms with Crippen molar-refractivity contribution < 1.29 is 14.7 Å². The number of aliphatic hydroxyl groups excluding tert-OH is 2. The Morgan fingerprint density at radius 2 is 2.00 bits per heavy atom. The van der Waals surface area contributed by atoms with Gasteiger partial charge >= 0.3 is 0 Å². The number of allylic oxidation sites excluding steroid dienone is 1. The van der Waals surface area contributed by atoms with E-state index < -0.39 is 0 Å². The second-order valence-corrected chi connectivity index (χ2v) is 11.1. The van der Waals surface area contributed by atoms with E-state index >= 15 is 0 Å². The van der Waals surface area contributed by atoms with Crippen molar-refractivity contribution in [3.63, 3.8) is 0 Å². The Hall–Kier alpha value is -1.36. The van der Waals surface area contributed by atoms with E-state index in [-0.39, 0.29) is 23.8 Å². The van der Waals surface area contributed by atoms with Gasteiger partial charge in [0.2, 0.25) is 0 Å². The maximum absolute atomic E-state index is 12.0. The van der Waals surface area contributed by atoms with E-state index in [2.05, 4.69) is 63.1 Å². The molecule has 5 heterocycles. The van der Waals surface area contributed by atoms with Crippen LogP contribution >= 0.6 is 0 Å². The number of quaternary nitrogens is 1. The maximum Gasteiger partial charge on any atom is 0.194 e. The predicted molar refractivity (Wildman–Crippen MR) is 119 cm³/mol. The molecule has 1 aliphatic carbocycles. The summed E-state index contributed by atoms with van der Waals surface area (Å²) >= 11 is 0. The fourth-order valence-electron chi connectivity index (χ4n) is 9.42. The molecule has 30 heavy (non-hydrogen) atoms. The first-order valence-corrected chi connectivity index (χ1v) is 12.1. The van der Waals surface area contributed by atoms with Crippen LogP contribution in [0.4, 0.5) is 5.69 Å². The Morgan fingerprint density at radius 3 is 2.73 bits per heavy atom. The average molecular weight is 410 g/mol. The predicted octanol–water partition coefficient (Wildman–Crippen LogP) is 3.43. The van der Waals surface area contributed by atoms with E-state index in [0.717, 1.165) is 36.7 Å². The van der Waals surface area contributed by atoms with Gasteiger partial charge in [-0.3, -0.25) is 4.48 Å². The number of likely N-dealkylation sites (N-methyl/N-ethyl adjacent to an activating group) is 1. The minimum absolute atomic E-state index is 0.152. The number of para-hydroxylation sites is 1. The standard InChI is InChI=1S/C26H37N2O2/c1-5-16-17-13-20-23-26(18-10-6-7-11-19(18)27(23)4)14-21(22(17)24(26)29)28(20,25(16)30)12-8-9-15(2)3/h6-7,9-11,16-17,20-25,29-30H,5,8,12-14H2,1-4H3/q+1/t16-,17+,20?,21+,22?,23-,24-,25+,26?,28?/m0/s1. The zero-order chi connectivity index (χ0) is 21.0. The summed E-state index contributed by atoms with van der Waals surface area (Å²) in [7, 11) is 2.24. The zero-order valence-electron chi connectivity index (χ0n) is 18.8. The largest absolute Gasteiger partial charge is 0.392 e. The van der Waals surface area contributed by atoms with Gasteiger partial charge in [-0.2, -0.15) is 0 Å². The first-order chi connectivity index (χ1) is 14.4. The van der Waals surface area contributed by atoms with E-state index in [0.29, 0.717) is 29.8 Å². The molecule has 1 saturated carbocycles. The number of piperidine rings is 4. The average Bonchev–Trinajstić information content (AvgIpc) is 3.11. The van der Waals surface area contributed by atoms with Crippen molar-refractivity contribution in [1.29, 1.82) is 0 Å². The van der Waals surface area contributed by atoms with E-state index in [1.54, 1.807) is 0 Å². The van der Waals surface area contributed by atoms with Gasteiger partial charge in [-0.25, -0.2) is 0 Å². The Bertz CT molecular complexity index is 910. The molecular formula is C26H37N2O2+. The van der Waals surface area contributed by atoms with Crippen molar-refractivity contribution in [3.05, 3.63) is 41.5 Å². The van der Waals surface area contributed by atoms with Crippen LogP contribution in [-0.2, 0) is 5.41 Å². The van der Waals surface area contributed by atoms with Crippen LogP contribution in [-0.4, -0.2) is 58.7 Å². The first kappa shape index (κ1) is 19.3. The van der Waals surface area contributed by atoms with Crippen molar-refractivity contribution in [2.75, 3.05) is 18.5 Å². The number of fused-ring (bicyclic) bond motifs is 2. The van der Waals surface area contributed by atoms with Gasteiger partial charge in [0.15, 0.2) is 6.23 Å². The van der Waals surface area contributed by atoms with Crippen LogP contribution in [0.3, 0.4) is 0 Å². The van der Waals surface area contributed by atoms with Crippen molar-refractivity contribution in [3.8, 4) is 0 Å². The molecule has 4 nitrogen and oxygen atoms in total. The summed E-state index contributed by atoms with van der Waals surface area (Å²) in [6, 6.07) is 9.89. The lowest BCUT2D eigenvalue weighted by Gasteiger charge is -2.68. The fraction of sp³-hybridized carbons (Fsp3) is 0.692. The van der Waals surface area contributed by atoms with Crippen LogP contribution in [0.5, 0.6) is 0 Å². The molecule has 1 aromatic rings. The summed E-state index contributed by atoms with van der Waals surface area (Å²) in [5, 5.41) is 23.9. The first-order valence-electron chi connectivity index (χ1n) is 12.1. The molecule has 2 N–H and O–H groups in total. The third-order valence-electron chi connectivity index (χ3n) is 10.2. The number of rotatable bonds is 4. The summed E-state index contributed by atoms with van der Waals surface area (Å²) in [5.41, 5.74) is 3.88. The smallest absolute Gasteiger partial charge is 0.194 e. The van der Waals surface area contributed by atoms with Gasteiger partial charge in [-0.05, 0) is 37.8 Å². The highest BCUT2D eigenvalue weighted by atomic mass is 16.3. The summed E-state index contributed by atoms with van der Waals surface area (Å²) in [6.07, 6.45) is 5.99. The summed E-state index contributed by atoms with van der Waals surface area (Å²) < 4.78 is 0.839. The number of hydrogen-bond acceptors (Lipinski definition) is 3. The number of hydrogen-bond donors (Lipinski definition) is 2. The molecule has 10 atom stereocenters. The molecule has 5 aliphatic heterocycles. The Morgan fingerprint density at radius 1 is 1.23 bits per heavy atom. The van der Waals surface area contributed by atoms with Gasteiger partial charge in [-0.15, -0.1) is 0 Å². The number of anilines is 1. The second-order valence-electron chi connectivity index (χ2n) is 11.1.